The Bertz CT molecular complexity index is 889. The Hall–Kier alpha value is -2.83. The van der Waals surface area contributed by atoms with E-state index in [1.807, 2.05) is 42.8 Å². The Morgan fingerprint density at radius 1 is 1.13 bits per heavy atom. The van der Waals surface area contributed by atoms with Crippen LogP contribution in [-0.2, 0) is 22.4 Å². The summed E-state index contributed by atoms with van der Waals surface area (Å²) < 4.78 is 12.3. The molecule has 30 heavy (non-hydrogen) atoms. The first-order valence-corrected chi connectivity index (χ1v) is 10.7. The van der Waals surface area contributed by atoms with Crippen molar-refractivity contribution in [1.82, 2.24) is 14.7 Å². The predicted octanol–water partition coefficient (Wildman–Crippen LogP) is 3.42. The first-order chi connectivity index (χ1) is 14.5. The molecule has 0 aliphatic carbocycles. The molecule has 162 valence electrons. The minimum absolute atomic E-state index is 0.0440. The van der Waals surface area contributed by atoms with Gasteiger partial charge in [0.25, 0.3) is 5.91 Å². The SMILES string of the molecule is CCOC(=O)[C@@H]1CCCN(C(=O)c2c(CC)nn(-c3ccc(OC)cc3)c2CC)C1. The minimum atomic E-state index is -0.255. The van der Waals surface area contributed by atoms with Crippen LogP contribution in [0.25, 0.3) is 5.69 Å². The highest BCUT2D eigenvalue weighted by atomic mass is 16.5. The second-order valence-electron chi connectivity index (χ2n) is 7.43. The van der Waals surface area contributed by atoms with Crippen molar-refractivity contribution in [2.75, 3.05) is 26.8 Å². The maximum Gasteiger partial charge on any atom is 0.310 e. The Morgan fingerprint density at radius 3 is 2.47 bits per heavy atom. The lowest BCUT2D eigenvalue weighted by atomic mass is 9.97. The van der Waals surface area contributed by atoms with Crippen LogP contribution < -0.4 is 4.74 Å². The van der Waals surface area contributed by atoms with E-state index in [2.05, 4.69) is 0 Å². The number of likely N-dealkylation sites (tertiary alicyclic amines) is 1. The van der Waals surface area contributed by atoms with Crippen LogP contribution in [0.3, 0.4) is 0 Å². The van der Waals surface area contributed by atoms with Gasteiger partial charge in [-0.1, -0.05) is 13.8 Å². The van der Waals surface area contributed by atoms with Crippen molar-refractivity contribution in [1.29, 1.82) is 0 Å². The molecule has 1 fully saturated rings. The van der Waals surface area contributed by atoms with Crippen LogP contribution in [0.4, 0.5) is 0 Å². The van der Waals surface area contributed by atoms with Gasteiger partial charge < -0.3 is 14.4 Å². The number of carbonyl (C=O) groups excluding carboxylic acids is 2. The predicted molar refractivity (Wildman–Crippen MR) is 114 cm³/mol. The van der Waals surface area contributed by atoms with Gasteiger partial charge in [0, 0.05) is 13.1 Å². The molecular formula is C23H31N3O4. The highest BCUT2D eigenvalue weighted by molar-refractivity contribution is 5.97. The summed E-state index contributed by atoms with van der Waals surface area (Å²) in [6, 6.07) is 7.66. The molecule has 0 spiro atoms. The molecule has 1 aliphatic heterocycles. The third kappa shape index (κ3) is 4.35. The first kappa shape index (κ1) is 21.9. The number of hydrogen-bond donors (Lipinski definition) is 0. The number of aryl methyl sites for hydroxylation is 1. The Labute approximate surface area is 178 Å². The second kappa shape index (κ2) is 9.78. The average molecular weight is 414 g/mol. The minimum Gasteiger partial charge on any atom is -0.497 e. The molecule has 1 aromatic heterocycles. The number of ether oxygens (including phenoxy) is 2. The fraction of sp³-hybridized carbons (Fsp3) is 0.522. The summed E-state index contributed by atoms with van der Waals surface area (Å²) in [5, 5.41) is 4.76. The lowest BCUT2D eigenvalue weighted by molar-refractivity contribution is -0.149. The van der Waals surface area contributed by atoms with Gasteiger partial charge in [-0.25, -0.2) is 4.68 Å². The number of hydrogen-bond acceptors (Lipinski definition) is 5. The van der Waals surface area contributed by atoms with Crippen LogP contribution in [0.15, 0.2) is 24.3 Å². The second-order valence-corrected chi connectivity index (χ2v) is 7.43. The van der Waals surface area contributed by atoms with Crippen molar-refractivity contribution >= 4 is 11.9 Å². The number of amides is 1. The van der Waals surface area contributed by atoms with E-state index in [0.29, 0.717) is 38.1 Å². The van der Waals surface area contributed by atoms with Crippen LogP contribution in [0.5, 0.6) is 5.75 Å². The summed E-state index contributed by atoms with van der Waals surface area (Å²) in [4.78, 5) is 27.5. The Balaban J connectivity index is 1.93. The van der Waals surface area contributed by atoms with Crippen molar-refractivity contribution in [3.05, 3.63) is 41.2 Å². The summed E-state index contributed by atoms with van der Waals surface area (Å²) in [5.74, 6) is 0.261. The summed E-state index contributed by atoms with van der Waals surface area (Å²) in [7, 11) is 1.63. The van der Waals surface area contributed by atoms with Gasteiger partial charge in [0.05, 0.1) is 42.3 Å². The third-order valence-corrected chi connectivity index (χ3v) is 5.58. The molecule has 1 aromatic carbocycles. The van der Waals surface area contributed by atoms with Gasteiger partial charge in [-0.15, -0.1) is 0 Å². The molecule has 0 unspecified atom stereocenters. The lowest BCUT2D eigenvalue weighted by Gasteiger charge is -2.31. The molecule has 3 rings (SSSR count). The monoisotopic (exact) mass is 413 g/mol. The highest BCUT2D eigenvalue weighted by Crippen LogP contribution is 2.26. The number of methoxy groups -OCH3 is 1. The summed E-state index contributed by atoms with van der Waals surface area (Å²) in [6.45, 7) is 7.25. The smallest absolute Gasteiger partial charge is 0.310 e. The molecule has 0 saturated carbocycles. The zero-order chi connectivity index (χ0) is 21.7. The maximum absolute atomic E-state index is 13.5. The van der Waals surface area contributed by atoms with E-state index in [1.54, 1.807) is 18.9 Å². The number of aromatic nitrogens is 2. The topological polar surface area (TPSA) is 73.7 Å². The standard InChI is InChI=1S/C23H31N3O4/c1-5-19-21(22(27)25-14-8-9-16(15-25)23(28)30-7-3)20(6-2)26(24-19)17-10-12-18(29-4)13-11-17/h10-13,16H,5-9,14-15H2,1-4H3/t16-/m1/s1. The van der Waals surface area contributed by atoms with Gasteiger partial charge in [-0.2, -0.15) is 5.10 Å². The van der Waals surface area contributed by atoms with Gasteiger partial charge >= 0.3 is 5.97 Å². The molecule has 1 saturated heterocycles. The van der Waals surface area contributed by atoms with E-state index in [4.69, 9.17) is 14.6 Å². The fourth-order valence-electron chi connectivity index (χ4n) is 4.03. The largest absolute Gasteiger partial charge is 0.497 e. The highest BCUT2D eigenvalue weighted by Gasteiger charge is 2.33. The zero-order valence-electron chi connectivity index (χ0n) is 18.3. The van der Waals surface area contributed by atoms with E-state index in [9.17, 15) is 9.59 Å². The average Bonchev–Trinajstić information content (AvgIpc) is 3.17. The molecule has 2 heterocycles. The van der Waals surface area contributed by atoms with Crippen molar-refractivity contribution in [3.8, 4) is 11.4 Å². The molecule has 7 nitrogen and oxygen atoms in total. The molecular weight excluding hydrogens is 382 g/mol. The van der Waals surface area contributed by atoms with E-state index in [-0.39, 0.29) is 17.8 Å². The molecule has 0 bridgehead atoms. The van der Waals surface area contributed by atoms with Crippen LogP contribution in [0.2, 0.25) is 0 Å². The number of nitrogens with zero attached hydrogens (tertiary/aromatic N) is 3. The van der Waals surface area contributed by atoms with Gasteiger partial charge in [0.15, 0.2) is 0 Å². The van der Waals surface area contributed by atoms with E-state index in [0.717, 1.165) is 35.7 Å². The van der Waals surface area contributed by atoms with Crippen LogP contribution in [0.1, 0.15) is 55.4 Å². The lowest BCUT2D eigenvalue weighted by Crippen LogP contribution is -2.43. The summed E-state index contributed by atoms with van der Waals surface area (Å²) in [5.41, 5.74) is 3.23. The first-order valence-electron chi connectivity index (χ1n) is 10.7. The summed E-state index contributed by atoms with van der Waals surface area (Å²) >= 11 is 0. The molecule has 1 aliphatic rings. The number of rotatable bonds is 7. The van der Waals surface area contributed by atoms with Crippen molar-refractivity contribution in [2.24, 2.45) is 5.92 Å². The number of benzene rings is 1. The van der Waals surface area contributed by atoms with Crippen LogP contribution in [-0.4, -0.2) is 53.4 Å². The molecule has 1 amide bonds. The molecule has 2 aromatic rings. The van der Waals surface area contributed by atoms with Crippen LogP contribution in [0, 0.1) is 5.92 Å². The Kier molecular flexibility index (Phi) is 7.13. The molecule has 0 radical (unpaired) electrons. The number of esters is 1. The van der Waals surface area contributed by atoms with Gasteiger partial charge in [-0.05, 0) is 56.9 Å². The van der Waals surface area contributed by atoms with Crippen molar-refractivity contribution in [2.45, 2.75) is 46.5 Å². The fourth-order valence-corrected chi connectivity index (χ4v) is 4.03. The van der Waals surface area contributed by atoms with Crippen LogP contribution >= 0.6 is 0 Å². The van der Waals surface area contributed by atoms with Gasteiger partial charge in [0.2, 0.25) is 0 Å². The van der Waals surface area contributed by atoms with Crippen molar-refractivity contribution < 1.29 is 19.1 Å². The van der Waals surface area contributed by atoms with E-state index in [1.165, 1.54) is 0 Å². The third-order valence-electron chi connectivity index (χ3n) is 5.58. The van der Waals surface area contributed by atoms with E-state index >= 15 is 0 Å². The van der Waals surface area contributed by atoms with Gasteiger partial charge in [0.1, 0.15) is 5.75 Å². The zero-order valence-corrected chi connectivity index (χ0v) is 18.3. The number of carbonyl (C=O) groups is 2. The van der Waals surface area contributed by atoms with E-state index < -0.39 is 0 Å². The molecule has 0 N–H and O–H groups in total. The normalized spacial score (nSPS) is 16.4. The molecule has 1 atom stereocenters. The quantitative estimate of drug-likeness (QED) is 0.650. The molecule has 7 heteroatoms. The Morgan fingerprint density at radius 2 is 1.87 bits per heavy atom. The van der Waals surface area contributed by atoms with Gasteiger partial charge in [-0.3, -0.25) is 9.59 Å². The maximum atomic E-state index is 13.5. The number of piperidine rings is 1. The summed E-state index contributed by atoms with van der Waals surface area (Å²) in [6.07, 6.45) is 2.89. The van der Waals surface area contributed by atoms with Crippen molar-refractivity contribution in [3.63, 3.8) is 0 Å².